The van der Waals surface area contributed by atoms with Crippen LogP contribution in [0.4, 0.5) is 0 Å². The van der Waals surface area contributed by atoms with Gasteiger partial charge >= 0.3 is 0 Å². The van der Waals surface area contributed by atoms with Crippen LogP contribution in [0, 0.1) is 0 Å². The van der Waals surface area contributed by atoms with Gasteiger partial charge in [-0.3, -0.25) is 9.69 Å². The first-order valence-corrected chi connectivity index (χ1v) is 10.7. The third-order valence-electron chi connectivity index (χ3n) is 5.88. The molecule has 1 unspecified atom stereocenters. The SMILES string of the molecule is CCN(C)C1(C(NC(=O)c2c(Cl)cc(Cl)cc2Cl)c2ccccc2)CCCC1. The molecule has 3 nitrogen and oxygen atoms in total. The third-order valence-corrected chi connectivity index (χ3v) is 6.70. The number of carbonyl (C=O) groups excluding carboxylic acids is 1. The number of nitrogens with one attached hydrogen (secondary N) is 1. The van der Waals surface area contributed by atoms with Crippen LogP contribution in [0.25, 0.3) is 0 Å². The van der Waals surface area contributed by atoms with Crippen molar-refractivity contribution in [2.24, 2.45) is 0 Å². The fourth-order valence-corrected chi connectivity index (χ4v) is 5.32. The summed E-state index contributed by atoms with van der Waals surface area (Å²) < 4.78 is 0. The standard InChI is InChI=1S/C22H25Cl3N2O/c1-3-27(2)22(11-7-8-12-22)20(15-9-5-4-6-10-15)26-21(28)19-17(24)13-16(23)14-18(19)25/h4-6,9-10,13-14,20H,3,7-8,11-12H2,1-2H3,(H,26,28). The Morgan fingerprint density at radius 3 is 2.21 bits per heavy atom. The van der Waals surface area contributed by atoms with Gasteiger partial charge in [0.05, 0.1) is 21.7 Å². The van der Waals surface area contributed by atoms with Gasteiger partial charge in [-0.15, -0.1) is 0 Å². The molecule has 2 aromatic carbocycles. The Kier molecular flexibility index (Phi) is 6.93. The number of hydrogen-bond donors (Lipinski definition) is 1. The predicted molar refractivity (Wildman–Crippen MR) is 118 cm³/mol. The second-order valence-corrected chi connectivity index (χ2v) is 8.64. The number of nitrogens with zero attached hydrogens (tertiary/aromatic N) is 1. The summed E-state index contributed by atoms with van der Waals surface area (Å²) in [6.45, 7) is 3.05. The minimum absolute atomic E-state index is 0.142. The summed E-state index contributed by atoms with van der Waals surface area (Å²) in [7, 11) is 2.13. The van der Waals surface area contributed by atoms with Gasteiger partial charge in [-0.25, -0.2) is 0 Å². The number of rotatable bonds is 6. The number of carbonyl (C=O) groups is 1. The van der Waals surface area contributed by atoms with Crippen LogP contribution in [0.15, 0.2) is 42.5 Å². The minimum Gasteiger partial charge on any atom is -0.343 e. The summed E-state index contributed by atoms with van der Waals surface area (Å²) >= 11 is 18.6. The lowest BCUT2D eigenvalue weighted by atomic mass is 9.82. The van der Waals surface area contributed by atoms with E-state index in [1.54, 1.807) is 12.1 Å². The van der Waals surface area contributed by atoms with E-state index < -0.39 is 0 Å². The van der Waals surface area contributed by atoms with Gasteiger partial charge in [0.1, 0.15) is 0 Å². The maximum atomic E-state index is 13.2. The van der Waals surface area contributed by atoms with Gasteiger partial charge in [0.15, 0.2) is 0 Å². The van der Waals surface area contributed by atoms with Crippen LogP contribution in [0.5, 0.6) is 0 Å². The zero-order valence-corrected chi connectivity index (χ0v) is 18.4. The molecule has 0 spiro atoms. The van der Waals surface area contributed by atoms with Crippen molar-refractivity contribution < 1.29 is 4.79 Å². The van der Waals surface area contributed by atoms with Gasteiger partial charge < -0.3 is 5.32 Å². The van der Waals surface area contributed by atoms with Gasteiger partial charge in [-0.1, -0.05) is 84.9 Å². The molecule has 1 atom stereocenters. The maximum Gasteiger partial charge on any atom is 0.254 e. The van der Waals surface area contributed by atoms with E-state index in [-0.39, 0.29) is 33.1 Å². The van der Waals surface area contributed by atoms with E-state index in [2.05, 4.69) is 36.3 Å². The highest BCUT2D eigenvalue weighted by Gasteiger charge is 2.45. The van der Waals surface area contributed by atoms with E-state index in [9.17, 15) is 4.79 Å². The first-order valence-electron chi connectivity index (χ1n) is 9.60. The molecule has 0 heterocycles. The summed E-state index contributed by atoms with van der Waals surface area (Å²) in [5.74, 6) is -0.281. The Hall–Kier alpha value is -1.26. The minimum atomic E-state index is -0.281. The number of halogens is 3. The molecule has 150 valence electrons. The second-order valence-electron chi connectivity index (χ2n) is 7.39. The lowest BCUT2D eigenvalue weighted by Gasteiger charge is -2.45. The van der Waals surface area contributed by atoms with Crippen LogP contribution in [0.1, 0.15) is 54.6 Å². The first kappa shape index (κ1) is 21.4. The monoisotopic (exact) mass is 438 g/mol. The fourth-order valence-electron chi connectivity index (χ4n) is 4.33. The lowest BCUT2D eigenvalue weighted by molar-refractivity contribution is 0.0683. The molecule has 2 aromatic rings. The Morgan fingerprint density at radius 1 is 1.11 bits per heavy atom. The van der Waals surface area contributed by atoms with Gasteiger partial charge in [-0.05, 0) is 44.1 Å². The molecule has 28 heavy (non-hydrogen) atoms. The molecule has 0 aromatic heterocycles. The van der Waals surface area contributed by atoms with E-state index >= 15 is 0 Å². The highest BCUT2D eigenvalue weighted by Crippen LogP contribution is 2.44. The highest BCUT2D eigenvalue weighted by atomic mass is 35.5. The number of benzene rings is 2. The van der Waals surface area contributed by atoms with Gasteiger partial charge in [-0.2, -0.15) is 0 Å². The van der Waals surface area contributed by atoms with Gasteiger partial charge in [0.25, 0.3) is 5.91 Å². The van der Waals surface area contributed by atoms with Crippen LogP contribution >= 0.6 is 34.8 Å². The van der Waals surface area contributed by atoms with Crippen molar-refractivity contribution in [2.45, 2.75) is 44.2 Å². The molecule has 1 N–H and O–H groups in total. The average molecular weight is 440 g/mol. The van der Waals surface area contributed by atoms with Gasteiger partial charge in [0, 0.05) is 10.6 Å². The van der Waals surface area contributed by atoms with Crippen LogP contribution in [0.3, 0.4) is 0 Å². The van der Waals surface area contributed by atoms with Crippen LogP contribution < -0.4 is 5.32 Å². The van der Waals surface area contributed by atoms with Crippen molar-refractivity contribution in [3.63, 3.8) is 0 Å². The first-order chi connectivity index (χ1) is 13.4. The smallest absolute Gasteiger partial charge is 0.254 e. The molecule has 1 aliphatic rings. The molecular formula is C22H25Cl3N2O. The highest BCUT2D eigenvalue weighted by molar-refractivity contribution is 6.42. The Morgan fingerprint density at radius 2 is 1.68 bits per heavy atom. The largest absolute Gasteiger partial charge is 0.343 e. The maximum absolute atomic E-state index is 13.2. The van der Waals surface area contributed by atoms with Crippen molar-refractivity contribution in [1.82, 2.24) is 10.2 Å². The number of likely N-dealkylation sites (N-methyl/N-ethyl adjacent to an activating group) is 1. The Labute approximate surface area is 182 Å². The molecule has 0 bridgehead atoms. The molecule has 1 aliphatic carbocycles. The zero-order chi connectivity index (χ0) is 20.3. The predicted octanol–water partition coefficient (Wildman–Crippen LogP) is 6.38. The number of hydrogen-bond acceptors (Lipinski definition) is 2. The van der Waals surface area contributed by atoms with E-state index in [1.807, 2.05) is 18.2 Å². The molecule has 1 saturated carbocycles. The molecular weight excluding hydrogens is 415 g/mol. The molecule has 1 amide bonds. The molecule has 0 saturated heterocycles. The normalized spacial score (nSPS) is 16.9. The van der Waals surface area contributed by atoms with Gasteiger partial charge in [0.2, 0.25) is 0 Å². The van der Waals surface area contributed by atoms with Crippen molar-refractivity contribution in [3.05, 3.63) is 68.7 Å². The van der Waals surface area contributed by atoms with Crippen molar-refractivity contribution in [2.75, 3.05) is 13.6 Å². The average Bonchev–Trinajstić information content (AvgIpc) is 3.16. The van der Waals surface area contributed by atoms with E-state index in [1.165, 1.54) is 0 Å². The molecule has 1 fully saturated rings. The lowest BCUT2D eigenvalue weighted by Crippen LogP contribution is -2.54. The summed E-state index contributed by atoms with van der Waals surface area (Å²) in [5.41, 5.74) is 1.21. The Balaban J connectivity index is 2.03. The molecule has 3 rings (SSSR count). The summed E-state index contributed by atoms with van der Waals surface area (Å²) in [5, 5.41) is 4.17. The van der Waals surface area contributed by atoms with Crippen LogP contribution in [-0.4, -0.2) is 29.9 Å². The summed E-state index contributed by atoms with van der Waals surface area (Å²) in [6, 6.07) is 13.1. The van der Waals surface area contributed by atoms with Crippen molar-refractivity contribution >= 4 is 40.7 Å². The van der Waals surface area contributed by atoms with Crippen LogP contribution in [0.2, 0.25) is 15.1 Å². The summed E-state index contributed by atoms with van der Waals surface area (Å²) in [4.78, 5) is 15.6. The second kappa shape index (κ2) is 9.04. The topological polar surface area (TPSA) is 32.3 Å². The molecule has 0 radical (unpaired) electrons. The molecule has 0 aliphatic heterocycles. The van der Waals surface area contributed by atoms with Crippen molar-refractivity contribution in [3.8, 4) is 0 Å². The summed E-state index contributed by atoms with van der Waals surface area (Å²) in [6.07, 6.45) is 4.34. The fraction of sp³-hybridized carbons (Fsp3) is 0.409. The van der Waals surface area contributed by atoms with E-state index in [0.29, 0.717) is 5.02 Å². The van der Waals surface area contributed by atoms with Crippen LogP contribution in [-0.2, 0) is 0 Å². The van der Waals surface area contributed by atoms with E-state index in [0.717, 1.165) is 37.8 Å². The van der Waals surface area contributed by atoms with Crippen molar-refractivity contribution in [1.29, 1.82) is 0 Å². The third kappa shape index (κ3) is 4.18. The molecule has 6 heteroatoms. The zero-order valence-electron chi connectivity index (χ0n) is 16.1. The Bertz CT molecular complexity index is 812. The van der Waals surface area contributed by atoms with E-state index in [4.69, 9.17) is 34.8 Å². The number of amides is 1. The quantitative estimate of drug-likeness (QED) is 0.566.